The first kappa shape index (κ1) is 36.2. The van der Waals surface area contributed by atoms with E-state index in [4.69, 9.17) is 39.4 Å². The van der Waals surface area contributed by atoms with Crippen molar-refractivity contribution in [2.24, 2.45) is 5.34 Å². The molecule has 0 aliphatic heterocycles. The Morgan fingerprint density at radius 1 is 1.07 bits per heavy atom. The molecule has 0 aromatic heterocycles. The third-order valence-electron chi connectivity index (χ3n) is 0. The third-order valence-corrected chi connectivity index (χ3v) is 0. The molecule has 0 aromatic rings. The monoisotopic (exact) mass is 296 g/mol. The number of nitrogens with zero attached hydrogens (tertiary/aromatic N) is 2. The molecule has 0 saturated heterocycles. The van der Waals surface area contributed by atoms with Gasteiger partial charge in [0.2, 0.25) is 0 Å². The van der Waals surface area contributed by atoms with Crippen molar-refractivity contribution in [1.29, 1.82) is 0 Å². The minimum Gasteiger partial charge on any atom is -0.444 e. The Bertz CT molecular complexity index is 96.6. The van der Waals surface area contributed by atoms with Crippen LogP contribution in [-0.2, 0) is 16.8 Å². The second-order valence-electron chi connectivity index (χ2n) is 0.487. The van der Waals surface area contributed by atoms with Crippen LogP contribution in [0.2, 0.25) is 0 Å². The molecular formula is ClCoN2Na2O8+. The van der Waals surface area contributed by atoms with E-state index in [9.17, 15) is 0 Å². The molecule has 0 amide bonds. The molecule has 0 bridgehead atoms. The van der Waals surface area contributed by atoms with E-state index in [0.717, 1.165) is 5.34 Å². The molecule has 10 nitrogen and oxygen atoms in total. The molecule has 75 valence electrons. The van der Waals surface area contributed by atoms with Crippen LogP contribution in [0.1, 0.15) is 0 Å². The van der Waals surface area contributed by atoms with Gasteiger partial charge in [-0.05, 0) is 0 Å². The van der Waals surface area contributed by atoms with E-state index in [0.29, 0.717) is 0 Å². The SMILES string of the molecule is O=N[O-].O=[N+]([O-])[O-].[Co+2].[Na+].[Na+].[O-][Cl+2]([O-])[O-]. The van der Waals surface area contributed by atoms with Crippen LogP contribution in [0.15, 0.2) is 5.34 Å². The van der Waals surface area contributed by atoms with Crippen molar-refractivity contribution < 1.29 is 106 Å². The largest absolute Gasteiger partial charge is 2.00 e. The van der Waals surface area contributed by atoms with E-state index in [2.05, 4.69) is 0 Å². The summed E-state index contributed by atoms with van der Waals surface area (Å²) < 4.78 is 25.2. The molecule has 0 heterocycles. The van der Waals surface area contributed by atoms with Crippen LogP contribution >= 0.6 is 0 Å². The smallest absolute Gasteiger partial charge is 0.444 e. The zero-order valence-corrected chi connectivity index (χ0v) is 12.7. The zero-order chi connectivity index (χ0) is 9.86. The van der Waals surface area contributed by atoms with E-state index in [1.54, 1.807) is 0 Å². The third kappa shape index (κ3) is 1230. The fraction of sp³-hybridized carbons (Fsp3) is 0. The van der Waals surface area contributed by atoms with Gasteiger partial charge in [-0.25, -0.2) is 0 Å². The minimum atomic E-state index is -2.85. The first-order valence-electron chi connectivity index (χ1n) is 1.38. The summed E-state index contributed by atoms with van der Waals surface area (Å²) in [5.41, 5.74) is 0. The molecule has 14 heavy (non-hydrogen) atoms. The van der Waals surface area contributed by atoms with Gasteiger partial charge < -0.3 is 39.4 Å². The predicted octanol–water partition coefficient (Wildman–Crippen LogP) is -9.55. The Morgan fingerprint density at radius 2 is 1.07 bits per heavy atom. The maximum absolute atomic E-state index is 8.41. The Balaban J connectivity index is -0.0000000156. The molecule has 0 atom stereocenters. The second-order valence-corrected chi connectivity index (χ2v) is 0.865. The van der Waals surface area contributed by atoms with E-state index >= 15 is 0 Å². The quantitative estimate of drug-likeness (QED) is 0.182. The summed E-state index contributed by atoms with van der Waals surface area (Å²) in [6.07, 6.45) is 0. The van der Waals surface area contributed by atoms with Crippen molar-refractivity contribution in [3.05, 3.63) is 25.4 Å². The van der Waals surface area contributed by atoms with Gasteiger partial charge in [-0.15, -0.1) is 5.34 Å². The average Bonchev–Trinajstić information content (AvgIpc) is 1.60. The molecule has 0 N–H and O–H groups in total. The van der Waals surface area contributed by atoms with Gasteiger partial charge in [0, 0.05) is 0 Å². The topological polar surface area (TPSA) is 188 Å². The summed E-state index contributed by atoms with van der Waals surface area (Å²) in [5.74, 6) is 0. The number of hydrogen-bond acceptors (Lipinski definition) is 9. The molecule has 0 aliphatic carbocycles. The Morgan fingerprint density at radius 3 is 1.07 bits per heavy atom. The van der Waals surface area contributed by atoms with Crippen molar-refractivity contribution in [3.63, 3.8) is 0 Å². The van der Waals surface area contributed by atoms with E-state index < -0.39 is 15.9 Å². The van der Waals surface area contributed by atoms with Gasteiger partial charge in [-0.1, -0.05) is 0 Å². The summed E-state index contributed by atoms with van der Waals surface area (Å²) in [5, 5.41) is 23.8. The average molecular weight is 296 g/mol. The van der Waals surface area contributed by atoms with Gasteiger partial charge in [0.05, 0.1) is 15.9 Å². The normalized spacial score (nSPS) is 5.14. The van der Waals surface area contributed by atoms with Crippen LogP contribution in [0.5, 0.6) is 0 Å². The Hall–Kier alpha value is 1.28. The van der Waals surface area contributed by atoms with Crippen LogP contribution in [0, 0.1) is 36.2 Å². The minimum absolute atomic E-state index is 0. The summed E-state index contributed by atoms with van der Waals surface area (Å²) >= 11 is 0. The van der Waals surface area contributed by atoms with Crippen LogP contribution in [0.25, 0.3) is 0 Å². The van der Waals surface area contributed by atoms with E-state index in [1.165, 1.54) is 0 Å². The first-order chi connectivity index (χ1) is 4.88. The molecule has 0 saturated carbocycles. The van der Waals surface area contributed by atoms with Gasteiger partial charge in [-0.3, -0.25) is 0 Å². The van der Waals surface area contributed by atoms with Crippen molar-refractivity contribution in [3.8, 4) is 0 Å². The summed E-state index contributed by atoms with van der Waals surface area (Å²) in [6, 6.07) is 0. The predicted molar refractivity (Wildman–Crippen MR) is 19.5 cm³/mol. The van der Waals surface area contributed by atoms with Crippen LogP contribution in [-0.4, -0.2) is 5.09 Å². The fourth-order valence-electron chi connectivity index (χ4n) is 0. The van der Waals surface area contributed by atoms with E-state index in [-0.39, 0.29) is 75.9 Å². The molecule has 0 fully saturated rings. The van der Waals surface area contributed by atoms with E-state index in [1.807, 2.05) is 0 Å². The summed E-state index contributed by atoms with van der Waals surface area (Å²) in [6.45, 7) is 0. The molecule has 0 unspecified atom stereocenters. The fourth-order valence-corrected chi connectivity index (χ4v) is 0. The maximum Gasteiger partial charge on any atom is 2.00 e. The van der Waals surface area contributed by atoms with Crippen molar-refractivity contribution in [2.75, 3.05) is 0 Å². The van der Waals surface area contributed by atoms with Crippen LogP contribution in [0.3, 0.4) is 0 Å². The molecule has 0 aliphatic rings. The van der Waals surface area contributed by atoms with Gasteiger partial charge in [0.1, 0.15) is 0 Å². The van der Waals surface area contributed by atoms with Crippen molar-refractivity contribution in [1.82, 2.24) is 0 Å². The summed E-state index contributed by atoms with van der Waals surface area (Å²) in [4.78, 5) is 16.2. The molecule has 0 rings (SSSR count). The summed E-state index contributed by atoms with van der Waals surface area (Å²) in [7, 11) is -2.85. The molecule has 1 radical (unpaired) electrons. The number of hydrogen-bond donors (Lipinski definition) is 0. The van der Waals surface area contributed by atoms with Crippen molar-refractivity contribution in [2.45, 2.75) is 0 Å². The Labute approximate surface area is 135 Å². The molecule has 14 heteroatoms. The first-order valence-corrected chi connectivity index (χ1v) is 2.30. The molecular weight excluding hydrogens is 296 g/mol. The molecule has 0 aromatic carbocycles. The second kappa shape index (κ2) is 36.7. The maximum atomic E-state index is 8.41. The molecule has 0 spiro atoms. The van der Waals surface area contributed by atoms with Gasteiger partial charge >= 0.3 is 75.9 Å². The zero-order valence-electron chi connectivity index (χ0n) is 6.87. The Kier molecular flexibility index (Phi) is 94.9. The number of rotatable bonds is 0. The van der Waals surface area contributed by atoms with Gasteiger partial charge in [0.25, 0.3) is 0 Å². The van der Waals surface area contributed by atoms with Crippen LogP contribution in [0.4, 0.5) is 0 Å². The van der Waals surface area contributed by atoms with Gasteiger partial charge in [-0.2, -0.15) is 0 Å². The standard InChI is InChI=1S/ClO3.Co.NO3.HNO2.2Na/c2-1(3)4;;2-1(3)4;2-1-3;;/h;;;(H,2,3);;/q-1;+2;-1;;2*+1/p-1. The van der Waals surface area contributed by atoms with Crippen molar-refractivity contribution >= 4 is 0 Å². The number of halogens is 1. The van der Waals surface area contributed by atoms with Crippen LogP contribution < -0.4 is 73.1 Å². The van der Waals surface area contributed by atoms with Gasteiger partial charge in [0.15, 0.2) is 0 Å².